The zero-order valence-electron chi connectivity index (χ0n) is 13.5. The predicted octanol–water partition coefficient (Wildman–Crippen LogP) is 2.98. The molecule has 0 aliphatic heterocycles. The summed E-state index contributed by atoms with van der Waals surface area (Å²) in [6, 6.07) is 16.0. The maximum atomic E-state index is 13.3. The van der Waals surface area contributed by atoms with Crippen molar-refractivity contribution in [2.45, 2.75) is 6.54 Å². The Morgan fingerprint density at radius 2 is 1.88 bits per heavy atom. The van der Waals surface area contributed by atoms with Gasteiger partial charge in [-0.1, -0.05) is 42.2 Å². The van der Waals surface area contributed by atoms with Crippen molar-refractivity contribution < 1.29 is 13.9 Å². The van der Waals surface area contributed by atoms with E-state index in [1.54, 1.807) is 18.2 Å². The van der Waals surface area contributed by atoms with Crippen molar-refractivity contribution in [1.29, 1.82) is 0 Å². The number of halogens is 1. The Labute approximate surface area is 145 Å². The largest absolute Gasteiger partial charge is 0.478 e. The third-order valence-corrected chi connectivity index (χ3v) is 3.63. The molecule has 1 heterocycles. The number of fused-ring (bicyclic) bond motifs is 1. The highest BCUT2D eigenvalue weighted by Crippen LogP contribution is 2.15. The molecule has 0 aliphatic carbocycles. The van der Waals surface area contributed by atoms with Gasteiger partial charge in [-0.05, 0) is 29.7 Å². The van der Waals surface area contributed by atoms with Crippen LogP contribution >= 0.6 is 0 Å². The molecule has 2 aromatic carbocycles. The van der Waals surface area contributed by atoms with Crippen LogP contribution in [0.3, 0.4) is 0 Å². The van der Waals surface area contributed by atoms with Crippen LogP contribution in [0.1, 0.15) is 0 Å². The summed E-state index contributed by atoms with van der Waals surface area (Å²) < 4.78 is 20.4. The van der Waals surface area contributed by atoms with E-state index in [-0.39, 0.29) is 31.4 Å². The first-order chi connectivity index (χ1) is 12.2. The number of carbonyl (C=O) groups is 1. The molecule has 3 aromatic rings. The molecule has 4 nitrogen and oxygen atoms in total. The lowest BCUT2D eigenvalue weighted by Gasteiger charge is -2.05. The van der Waals surface area contributed by atoms with E-state index in [0.29, 0.717) is 0 Å². The molecule has 25 heavy (non-hydrogen) atoms. The zero-order chi connectivity index (χ0) is 17.5. The van der Waals surface area contributed by atoms with Gasteiger partial charge in [0, 0.05) is 11.7 Å². The quantitative estimate of drug-likeness (QED) is 0.728. The predicted molar refractivity (Wildman–Crippen MR) is 94.6 cm³/mol. The summed E-state index contributed by atoms with van der Waals surface area (Å²) in [5.74, 6) is 5.16. The van der Waals surface area contributed by atoms with Crippen molar-refractivity contribution in [3.8, 4) is 17.6 Å². The van der Waals surface area contributed by atoms with Crippen LogP contribution in [0.15, 0.2) is 60.8 Å². The first-order valence-corrected chi connectivity index (χ1v) is 7.87. The number of nitrogens with one attached hydrogen (secondary N) is 1. The molecule has 0 atom stereocenters. The molecule has 126 valence electrons. The molecule has 0 radical (unpaired) electrons. The number of ether oxygens (including phenoxy) is 1. The smallest absolute Gasteiger partial charge is 0.240 e. The standard InChI is InChI=1S/C20H17FN2O2/c21-17-8-2-4-10-19(17)25-14-6-5-12-22-20(24)15-23-13-11-16-7-1-3-9-18(16)23/h1-4,7-11,13H,12,14-15H2,(H,22,24). The number of benzene rings is 2. The summed E-state index contributed by atoms with van der Waals surface area (Å²) in [4.78, 5) is 12.0. The van der Waals surface area contributed by atoms with Crippen LogP contribution in [-0.2, 0) is 11.3 Å². The minimum atomic E-state index is -0.420. The number of amides is 1. The van der Waals surface area contributed by atoms with Gasteiger partial charge in [-0.2, -0.15) is 0 Å². The van der Waals surface area contributed by atoms with Crippen LogP contribution in [-0.4, -0.2) is 23.6 Å². The molecule has 0 aliphatic rings. The van der Waals surface area contributed by atoms with Gasteiger partial charge in [0.1, 0.15) is 13.2 Å². The van der Waals surface area contributed by atoms with Crippen LogP contribution < -0.4 is 10.1 Å². The fourth-order valence-corrected chi connectivity index (χ4v) is 2.42. The van der Waals surface area contributed by atoms with Gasteiger partial charge in [-0.15, -0.1) is 0 Å². The second kappa shape index (κ2) is 8.02. The number of hydrogen-bond acceptors (Lipinski definition) is 2. The lowest BCUT2D eigenvalue weighted by Crippen LogP contribution is -2.27. The Morgan fingerprint density at radius 3 is 2.76 bits per heavy atom. The Balaban J connectivity index is 1.43. The topological polar surface area (TPSA) is 43.3 Å². The number of rotatable bonds is 5. The summed E-state index contributed by atoms with van der Waals surface area (Å²) in [5.41, 5.74) is 1.02. The molecule has 1 amide bonds. The van der Waals surface area contributed by atoms with E-state index in [9.17, 15) is 9.18 Å². The van der Waals surface area contributed by atoms with E-state index in [1.807, 2.05) is 41.1 Å². The maximum Gasteiger partial charge on any atom is 0.240 e. The molecule has 0 saturated carbocycles. The van der Waals surface area contributed by atoms with Gasteiger partial charge in [0.25, 0.3) is 0 Å². The fourth-order valence-electron chi connectivity index (χ4n) is 2.42. The van der Waals surface area contributed by atoms with Crippen molar-refractivity contribution in [2.75, 3.05) is 13.2 Å². The van der Waals surface area contributed by atoms with Gasteiger partial charge in [0.15, 0.2) is 11.6 Å². The highest BCUT2D eigenvalue weighted by molar-refractivity contribution is 5.83. The summed E-state index contributed by atoms with van der Waals surface area (Å²) in [6.07, 6.45) is 1.89. The van der Waals surface area contributed by atoms with Crippen molar-refractivity contribution >= 4 is 16.8 Å². The highest BCUT2D eigenvalue weighted by Gasteiger charge is 2.04. The second-order valence-corrected chi connectivity index (χ2v) is 5.35. The third kappa shape index (κ3) is 4.39. The van der Waals surface area contributed by atoms with Crippen LogP contribution in [0.5, 0.6) is 5.75 Å². The van der Waals surface area contributed by atoms with Gasteiger partial charge in [-0.25, -0.2) is 4.39 Å². The SMILES string of the molecule is O=C(Cn1ccc2ccccc21)NCC#CCOc1ccccc1F. The summed E-state index contributed by atoms with van der Waals surface area (Å²) in [7, 11) is 0. The molecule has 5 heteroatoms. The van der Waals surface area contributed by atoms with E-state index in [0.717, 1.165) is 10.9 Å². The first kappa shape index (κ1) is 16.6. The number of para-hydroxylation sites is 2. The van der Waals surface area contributed by atoms with Crippen molar-refractivity contribution in [3.05, 3.63) is 66.6 Å². The van der Waals surface area contributed by atoms with E-state index >= 15 is 0 Å². The van der Waals surface area contributed by atoms with Gasteiger partial charge in [0.05, 0.1) is 6.54 Å². The monoisotopic (exact) mass is 336 g/mol. The van der Waals surface area contributed by atoms with Gasteiger partial charge < -0.3 is 14.6 Å². The van der Waals surface area contributed by atoms with Crippen LogP contribution in [0.4, 0.5) is 4.39 Å². The average Bonchev–Trinajstić information content (AvgIpc) is 3.02. The average molecular weight is 336 g/mol. The molecule has 0 saturated heterocycles. The Morgan fingerprint density at radius 1 is 1.08 bits per heavy atom. The zero-order valence-corrected chi connectivity index (χ0v) is 13.5. The fraction of sp³-hybridized carbons (Fsp3) is 0.150. The Bertz CT molecular complexity index is 937. The lowest BCUT2D eigenvalue weighted by molar-refractivity contribution is -0.121. The molecule has 1 N–H and O–H groups in total. The first-order valence-electron chi connectivity index (χ1n) is 7.87. The summed E-state index contributed by atoms with van der Waals surface area (Å²) in [5, 5.41) is 3.83. The maximum absolute atomic E-state index is 13.3. The van der Waals surface area contributed by atoms with E-state index in [4.69, 9.17) is 4.74 Å². The van der Waals surface area contributed by atoms with Crippen LogP contribution in [0.25, 0.3) is 10.9 Å². The van der Waals surface area contributed by atoms with Gasteiger partial charge in [0.2, 0.25) is 5.91 Å². The Hall–Kier alpha value is -3.26. The van der Waals surface area contributed by atoms with Gasteiger partial charge in [-0.3, -0.25) is 4.79 Å². The van der Waals surface area contributed by atoms with Gasteiger partial charge >= 0.3 is 0 Å². The van der Waals surface area contributed by atoms with E-state index < -0.39 is 5.82 Å². The normalized spacial score (nSPS) is 10.1. The van der Waals surface area contributed by atoms with Crippen LogP contribution in [0, 0.1) is 17.7 Å². The highest BCUT2D eigenvalue weighted by atomic mass is 19.1. The van der Waals surface area contributed by atoms with Crippen LogP contribution in [0.2, 0.25) is 0 Å². The van der Waals surface area contributed by atoms with E-state index in [1.165, 1.54) is 6.07 Å². The molecule has 0 fully saturated rings. The minimum absolute atomic E-state index is 0.0685. The van der Waals surface area contributed by atoms with E-state index in [2.05, 4.69) is 17.2 Å². The molecular weight excluding hydrogens is 319 g/mol. The molecule has 0 bridgehead atoms. The van der Waals surface area contributed by atoms with Crippen molar-refractivity contribution in [2.24, 2.45) is 0 Å². The van der Waals surface area contributed by atoms with Crippen molar-refractivity contribution in [1.82, 2.24) is 9.88 Å². The minimum Gasteiger partial charge on any atom is -0.478 e. The summed E-state index contributed by atoms with van der Waals surface area (Å²) in [6.45, 7) is 0.526. The van der Waals surface area contributed by atoms with Crippen molar-refractivity contribution in [3.63, 3.8) is 0 Å². The molecule has 0 unspecified atom stereocenters. The third-order valence-electron chi connectivity index (χ3n) is 3.63. The molecular formula is C20H17FN2O2. The lowest BCUT2D eigenvalue weighted by atomic mass is 10.2. The number of hydrogen-bond donors (Lipinski definition) is 1. The second-order valence-electron chi connectivity index (χ2n) is 5.35. The number of aromatic nitrogens is 1. The molecule has 0 spiro atoms. The molecule has 3 rings (SSSR count). The Kier molecular flexibility index (Phi) is 5.32. The molecule has 1 aromatic heterocycles. The number of carbonyl (C=O) groups excluding carboxylic acids is 1. The number of nitrogens with zero attached hydrogens (tertiary/aromatic N) is 1. The summed E-state index contributed by atoms with van der Waals surface area (Å²) >= 11 is 0.